The van der Waals surface area contributed by atoms with Crippen molar-refractivity contribution >= 4 is 23.2 Å². The van der Waals surface area contributed by atoms with Gasteiger partial charge >= 0.3 is 0 Å². The highest BCUT2D eigenvalue weighted by Crippen LogP contribution is 2.23. The van der Waals surface area contributed by atoms with Crippen molar-refractivity contribution < 1.29 is 0 Å². The monoisotopic (exact) mass is 230 g/mol. The van der Waals surface area contributed by atoms with E-state index in [1.165, 1.54) is 6.42 Å². The molecule has 0 radical (unpaired) electrons. The number of aromatic nitrogens is 1. The smallest absolute Gasteiger partial charge is 0.130 e. The second-order valence-corrected chi connectivity index (χ2v) is 4.46. The van der Waals surface area contributed by atoms with E-state index >= 15 is 0 Å². The van der Waals surface area contributed by atoms with Crippen LogP contribution in [-0.2, 0) is 6.42 Å². The van der Waals surface area contributed by atoms with Gasteiger partial charge in [0.2, 0.25) is 0 Å². The summed E-state index contributed by atoms with van der Waals surface area (Å²) >= 11 is 11.8. The van der Waals surface area contributed by atoms with Gasteiger partial charge in [0.25, 0.3) is 0 Å². The van der Waals surface area contributed by atoms with Crippen LogP contribution in [0.4, 0.5) is 0 Å². The average Bonchev–Trinajstić information content (AvgIpc) is 2.62. The Balaban J connectivity index is 2.08. The molecule has 4 heteroatoms. The second-order valence-electron chi connectivity index (χ2n) is 3.66. The molecule has 0 saturated carbocycles. The SMILES string of the molecule is Clc1cc(Cl)c(CC2CCNC2)cn1. The summed E-state index contributed by atoms with van der Waals surface area (Å²) in [6.45, 7) is 2.20. The van der Waals surface area contributed by atoms with Gasteiger partial charge in [-0.15, -0.1) is 0 Å². The maximum atomic E-state index is 6.06. The summed E-state index contributed by atoms with van der Waals surface area (Å²) in [5, 5.41) is 4.53. The lowest BCUT2D eigenvalue weighted by Crippen LogP contribution is -2.11. The first-order chi connectivity index (χ1) is 6.75. The average molecular weight is 231 g/mol. The van der Waals surface area contributed by atoms with E-state index in [1.54, 1.807) is 12.3 Å². The molecule has 1 saturated heterocycles. The van der Waals surface area contributed by atoms with Gasteiger partial charge in [0.05, 0.1) is 0 Å². The van der Waals surface area contributed by atoms with Gasteiger partial charge in [-0.05, 0) is 43.5 Å². The van der Waals surface area contributed by atoms with Crippen molar-refractivity contribution in [3.05, 3.63) is 28.0 Å². The molecule has 1 aromatic rings. The first-order valence-corrected chi connectivity index (χ1v) is 5.52. The maximum absolute atomic E-state index is 6.06. The molecule has 1 aliphatic rings. The molecule has 1 N–H and O–H groups in total. The third-order valence-corrected chi connectivity index (χ3v) is 3.13. The number of hydrogen-bond acceptors (Lipinski definition) is 2. The van der Waals surface area contributed by atoms with Crippen LogP contribution in [0.5, 0.6) is 0 Å². The predicted octanol–water partition coefficient (Wildman–Crippen LogP) is 2.54. The van der Waals surface area contributed by atoms with Crippen LogP contribution in [-0.4, -0.2) is 18.1 Å². The molecular weight excluding hydrogens is 219 g/mol. The Morgan fingerprint density at radius 1 is 1.50 bits per heavy atom. The van der Waals surface area contributed by atoms with Crippen molar-refractivity contribution in [3.8, 4) is 0 Å². The minimum Gasteiger partial charge on any atom is -0.316 e. The molecule has 2 nitrogen and oxygen atoms in total. The Kier molecular flexibility index (Phi) is 3.26. The summed E-state index contributed by atoms with van der Waals surface area (Å²) in [5.41, 5.74) is 1.10. The normalized spacial score (nSPS) is 21.4. The highest BCUT2D eigenvalue weighted by molar-refractivity contribution is 6.34. The van der Waals surface area contributed by atoms with Crippen molar-refractivity contribution in [1.29, 1.82) is 0 Å². The Morgan fingerprint density at radius 3 is 3.00 bits per heavy atom. The number of pyridine rings is 1. The van der Waals surface area contributed by atoms with Gasteiger partial charge in [0.15, 0.2) is 0 Å². The Morgan fingerprint density at radius 2 is 2.36 bits per heavy atom. The van der Waals surface area contributed by atoms with Gasteiger partial charge in [-0.25, -0.2) is 4.98 Å². The fourth-order valence-corrected chi connectivity index (χ4v) is 2.23. The summed E-state index contributed by atoms with van der Waals surface area (Å²) in [5.74, 6) is 0.690. The summed E-state index contributed by atoms with van der Waals surface area (Å²) in [6.07, 6.45) is 4.00. The molecule has 0 bridgehead atoms. The first kappa shape index (κ1) is 10.2. The highest BCUT2D eigenvalue weighted by atomic mass is 35.5. The molecule has 76 valence electrons. The van der Waals surface area contributed by atoms with Crippen molar-refractivity contribution in [3.63, 3.8) is 0 Å². The minimum absolute atomic E-state index is 0.461. The van der Waals surface area contributed by atoms with Gasteiger partial charge in [0.1, 0.15) is 5.15 Å². The van der Waals surface area contributed by atoms with Crippen molar-refractivity contribution in [2.75, 3.05) is 13.1 Å². The van der Waals surface area contributed by atoms with Crippen molar-refractivity contribution in [1.82, 2.24) is 10.3 Å². The van der Waals surface area contributed by atoms with Gasteiger partial charge < -0.3 is 5.32 Å². The molecule has 0 amide bonds. The third-order valence-electron chi connectivity index (χ3n) is 2.57. The van der Waals surface area contributed by atoms with E-state index in [0.717, 1.165) is 30.1 Å². The van der Waals surface area contributed by atoms with Gasteiger partial charge in [-0.1, -0.05) is 23.2 Å². The van der Waals surface area contributed by atoms with Gasteiger partial charge in [-0.2, -0.15) is 0 Å². The molecule has 1 unspecified atom stereocenters. The van der Waals surface area contributed by atoms with Crippen LogP contribution in [0.2, 0.25) is 10.2 Å². The highest BCUT2D eigenvalue weighted by Gasteiger charge is 2.16. The molecule has 1 fully saturated rings. The maximum Gasteiger partial charge on any atom is 0.130 e. The van der Waals surface area contributed by atoms with Crippen LogP contribution in [0.3, 0.4) is 0 Å². The summed E-state index contributed by atoms with van der Waals surface area (Å²) in [7, 11) is 0. The van der Waals surface area contributed by atoms with E-state index in [9.17, 15) is 0 Å². The zero-order chi connectivity index (χ0) is 9.97. The van der Waals surface area contributed by atoms with E-state index < -0.39 is 0 Å². The van der Waals surface area contributed by atoms with Crippen LogP contribution in [0, 0.1) is 5.92 Å². The molecule has 14 heavy (non-hydrogen) atoms. The predicted molar refractivity (Wildman–Crippen MR) is 58.9 cm³/mol. The largest absolute Gasteiger partial charge is 0.316 e. The lowest BCUT2D eigenvalue weighted by atomic mass is 10.00. The van der Waals surface area contributed by atoms with Gasteiger partial charge in [-0.3, -0.25) is 0 Å². The van der Waals surface area contributed by atoms with E-state index in [1.807, 2.05) is 0 Å². The van der Waals surface area contributed by atoms with E-state index in [4.69, 9.17) is 23.2 Å². The lowest BCUT2D eigenvalue weighted by Gasteiger charge is -2.09. The number of rotatable bonds is 2. The minimum atomic E-state index is 0.461. The van der Waals surface area contributed by atoms with E-state index in [2.05, 4.69) is 10.3 Å². The van der Waals surface area contributed by atoms with Crippen LogP contribution < -0.4 is 5.32 Å². The fraction of sp³-hybridized carbons (Fsp3) is 0.500. The first-order valence-electron chi connectivity index (χ1n) is 4.76. The van der Waals surface area contributed by atoms with Crippen LogP contribution in [0.1, 0.15) is 12.0 Å². The quantitative estimate of drug-likeness (QED) is 0.791. The zero-order valence-electron chi connectivity index (χ0n) is 7.76. The van der Waals surface area contributed by atoms with Crippen molar-refractivity contribution in [2.24, 2.45) is 5.92 Å². The summed E-state index contributed by atoms with van der Waals surface area (Å²) in [4.78, 5) is 4.04. The molecule has 2 rings (SSSR count). The lowest BCUT2D eigenvalue weighted by molar-refractivity contribution is 0.579. The molecule has 1 aromatic heterocycles. The fourth-order valence-electron chi connectivity index (χ4n) is 1.79. The molecule has 0 aliphatic carbocycles. The molecule has 0 aromatic carbocycles. The van der Waals surface area contributed by atoms with Crippen LogP contribution >= 0.6 is 23.2 Å². The number of hydrogen-bond donors (Lipinski definition) is 1. The molecule has 1 atom stereocenters. The van der Waals surface area contributed by atoms with Gasteiger partial charge in [0, 0.05) is 11.2 Å². The topological polar surface area (TPSA) is 24.9 Å². The summed E-state index contributed by atoms with van der Waals surface area (Å²) < 4.78 is 0. The standard InChI is InChI=1S/C10H12Cl2N2/c11-9-4-10(12)14-6-8(9)3-7-1-2-13-5-7/h4,6-7,13H,1-3,5H2. The molecule has 1 aliphatic heterocycles. The Bertz CT molecular complexity index is 322. The van der Waals surface area contributed by atoms with Crippen LogP contribution in [0.25, 0.3) is 0 Å². The zero-order valence-corrected chi connectivity index (χ0v) is 9.28. The van der Waals surface area contributed by atoms with Crippen LogP contribution in [0.15, 0.2) is 12.3 Å². The summed E-state index contributed by atoms with van der Waals surface area (Å²) in [6, 6.07) is 1.71. The number of nitrogens with zero attached hydrogens (tertiary/aromatic N) is 1. The molecule has 0 spiro atoms. The number of nitrogens with one attached hydrogen (secondary N) is 1. The van der Waals surface area contributed by atoms with E-state index in [-0.39, 0.29) is 0 Å². The Hall–Kier alpha value is -0.310. The molecule has 2 heterocycles. The van der Waals surface area contributed by atoms with Crippen molar-refractivity contribution in [2.45, 2.75) is 12.8 Å². The second kappa shape index (κ2) is 4.47. The number of halogens is 2. The molecular formula is C10H12Cl2N2. The van der Waals surface area contributed by atoms with E-state index in [0.29, 0.717) is 11.1 Å². The third kappa shape index (κ3) is 2.38. The Labute approximate surface area is 93.6 Å².